The minimum Gasteiger partial charge on any atom is -0.317 e. The number of carbonyl (C=O) groups excluding carboxylic acids is 1. The van der Waals surface area contributed by atoms with Crippen LogP contribution in [-0.2, 0) is 6.42 Å². The molecule has 1 aliphatic carbocycles. The van der Waals surface area contributed by atoms with E-state index in [9.17, 15) is 4.79 Å². The molecule has 2 nitrogen and oxygen atoms in total. The number of nitrogens with zero attached hydrogens (tertiary/aromatic N) is 1. The fourth-order valence-corrected chi connectivity index (χ4v) is 3.03. The van der Waals surface area contributed by atoms with Crippen LogP contribution in [0.25, 0.3) is 5.69 Å². The van der Waals surface area contributed by atoms with Gasteiger partial charge in [0.2, 0.25) is 0 Å². The summed E-state index contributed by atoms with van der Waals surface area (Å²) < 4.78 is 1.94. The molecule has 3 rings (SSSR count). The van der Waals surface area contributed by atoms with Crippen LogP contribution in [0.3, 0.4) is 0 Å². The zero-order chi connectivity index (χ0) is 12.7. The van der Waals surface area contributed by atoms with Crippen molar-refractivity contribution in [3.05, 3.63) is 51.8 Å². The van der Waals surface area contributed by atoms with Crippen LogP contribution in [0.15, 0.2) is 30.5 Å². The Labute approximate surface area is 115 Å². The van der Waals surface area contributed by atoms with E-state index in [0.717, 1.165) is 29.8 Å². The molecule has 0 aliphatic heterocycles. The summed E-state index contributed by atoms with van der Waals surface area (Å²) in [6.45, 7) is 0. The smallest absolute Gasteiger partial charge is 0.164 e. The highest BCUT2D eigenvalue weighted by molar-refractivity contribution is 6.37. The van der Waals surface area contributed by atoms with E-state index in [1.807, 2.05) is 22.9 Å². The number of hydrogen-bond donors (Lipinski definition) is 0. The van der Waals surface area contributed by atoms with Crippen molar-refractivity contribution in [1.29, 1.82) is 0 Å². The lowest BCUT2D eigenvalue weighted by Gasteiger charge is -2.16. The largest absolute Gasteiger partial charge is 0.317 e. The third-order valence-corrected chi connectivity index (χ3v) is 3.90. The first-order valence-corrected chi connectivity index (χ1v) is 6.62. The summed E-state index contributed by atoms with van der Waals surface area (Å²) >= 11 is 12.4. The molecule has 0 unspecified atom stereocenters. The fraction of sp³-hybridized carbons (Fsp3) is 0.214. The molecule has 0 N–H and O–H groups in total. The predicted octanol–water partition coefficient (Wildman–Crippen LogP) is 4.30. The maximum absolute atomic E-state index is 11.8. The van der Waals surface area contributed by atoms with E-state index in [4.69, 9.17) is 23.2 Å². The molecule has 0 fully saturated rings. The Bertz CT molecular complexity index is 610. The molecule has 4 heteroatoms. The van der Waals surface area contributed by atoms with E-state index in [2.05, 4.69) is 0 Å². The number of hydrogen-bond acceptors (Lipinski definition) is 1. The molecule has 1 heterocycles. The summed E-state index contributed by atoms with van der Waals surface area (Å²) in [5.41, 5.74) is 2.58. The van der Waals surface area contributed by atoms with Gasteiger partial charge in [-0.25, -0.2) is 0 Å². The third kappa shape index (κ3) is 1.76. The minimum absolute atomic E-state index is 0.207. The highest BCUT2D eigenvalue weighted by Crippen LogP contribution is 2.32. The Morgan fingerprint density at radius 1 is 1.06 bits per heavy atom. The molecular weight excluding hydrogens is 269 g/mol. The number of carbonyl (C=O) groups is 1. The van der Waals surface area contributed by atoms with Crippen LogP contribution in [0.5, 0.6) is 0 Å². The Morgan fingerprint density at radius 2 is 1.78 bits per heavy atom. The first kappa shape index (κ1) is 11.8. The van der Waals surface area contributed by atoms with Crippen molar-refractivity contribution in [2.75, 3.05) is 0 Å². The summed E-state index contributed by atoms with van der Waals surface area (Å²) in [4.78, 5) is 11.8. The molecule has 0 saturated heterocycles. The molecule has 1 aromatic heterocycles. The van der Waals surface area contributed by atoms with Crippen molar-refractivity contribution in [3.8, 4) is 5.69 Å². The topological polar surface area (TPSA) is 22.0 Å². The van der Waals surface area contributed by atoms with E-state index < -0.39 is 0 Å². The van der Waals surface area contributed by atoms with Gasteiger partial charge in [0.15, 0.2) is 5.78 Å². The quantitative estimate of drug-likeness (QED) is 0.763. The Hall–Kier alpha value is -1.25. The normalized spacial score (nSPS) is 14.7. The number of aromatic nitrogens is 1. The Kier molecular flexibility index (Phi) is 2.92. The van der Waals surface area contributed by atoms with Crippen molar-refractivity contribution in [1.82, 2.24) is 4.57 Å². The van der Waals surface area contributed by atoms with Crippen molar-refractivity contribution >= 4 is 29.0 Å². The molecule has 0 bridgehead atoms. The van der Waals surface area contributed by atoms with Crippen molar-refractivity contribution in [2.45, 2.75) is 19.3 Å². The molecule has 0 spiro atoms. The molecule has 1 aliphatic rings. The summed E-state index contributed by atoms with van der Waals surface area (Å²) in [7, 11) is 0. The van der Waals surface area contributed by atoms with Gasteiger partial charge in [-0.15, -0.1) is 0 Å². The molecule has 0 atom stereocenters. The Morgan fingerprint density at radius 3 is 2.50 bits per heavy atom. The number of benzene rings is 1. The van der Waals surface area contributed by atoms with Gasteiger partial charge < -0.3 is 4.57 Å². The SMILES string of the molecule is O=C1CCCc2c1ccn2-c1c(Cl)cccc1Cl. The van der Waals surface area contributed by atoms with Gasteiger partial charge >= 0.3 is 0 Å². The highest BCUT2D eigenvalue weighted by Gasteiger charge is 2.22. The molecule has 92 valence electrons. The lowest BCUT2D eigenvalue weighted by Crippen LogP contribution is -2.12. The number of rotatable bonds is 1. The number of ketones is 1. The van der Waals surface area contributed by atoms with Gasteiger partial charge in [-0.05, 0) is 31.0 Å². The summed E-state index contributed by atoms with van der Waals surface area (Å²) in [6, 6.07) is 7.28. The zero-order valence-electron chi connectivity index (χ0n) is 9.62. The lowest BCUT2D eigenvalue weighted by atomic mass is 9.97. The monoisotopic (exact) mass is 279 g/mol. The van der Waals surface area contributed by atoms with Gasteiger partial charge in [0.05, 0.1) is 15.7 Å². The maximum atomic E-state index is 11.8. The highest BCUT2D eigenvalue weighted by atomic mass is 35.5. The van der Waals surface area contributed by atoms with E-state index >= 15 is 0 Å². The van der Waals surface area contributed by atoms with E-state index in [-0.39, 0.29) is 5.78 Å². The summed E-state index contributed by atoms with van der Waals surface area (Å²) in [5.74, 6) is 0.207. The molecule has 1 aromatic carbocycles. The van der Waals surface area contributed by atoms with Crippen LogP contribution >= 0.6 is 23.2 Å². The zero-order valence-corrected chi connectivity index (χ0v) is 11.1. The molecule has 0 saturated carbocycles. The predicted molar refractivity (Wildman–Crippen MR) is 73.1 cm³/mol. The van der Waals surface area contributed by atoms with Crippen molar-refractivity contribution in [2.24, 2.45) is 0 Å². The number of halogens is 2. The number of Topliss-reactive ketones (excluding diaryl/α,β-unsaturated/α-hetero) is 1. The second-order valence-electron chi connectivity index (χ2n) is 4.39. The van der Waals surface area contributed by atoms with E-state index in [1.54, 1.807) is 12.1 Å². The summed E-state index contributed by atoms with van der Waals surface area (Å²) in [6.07, 6.45) is 4.28. The lowest BCUT2D eigenvalue weighted by molar-refractivity contribution is 0.0972. The van der Waals surface area contributed by atoms with Crippen molar-refractivity contribution < 1.29 is 4.79 Å². The van der Waals surface area contributed by atoms with Gasteiger partial charge in [-0.2, -0.15) is 0 Å². The third-order valence-electron chi connectivity index (χ3n) is 3.29. The second-order valence-corrected chi connectivity index (χ2v) is 5.21. The standard InChI is InChI=1S/C14H11Cl2NO/c15-10-3-1-4-11(16)14(10)17-8-7-9-12(17)5-2-6-13(9)18/h1,3-4,7-8H,2,5-6H2. The van der Waals surface area contributed by atoms with Gasteiger partial charge in [0.25, 0.3) is 0 Å². The van der Waals surface area contributed by atoms with Gasteiger partial charge in [0.1, 0.15) is 0 Å². The van der Waals surface area contributed by atoms with Crippen molar-refractivity contribution in [3.63, 3.8) is 0 Å². The summed E-state index contributed by atoms with van der Waals surface area (Å²) in [5, 5.41) is 1.19. The van der Waals surface area contributed by atoms with Crippen LogP contribution in [0.4, 0.5) is 0 Å². The number of para-hydroxylation sites is 1. The molecule has 18 heavy (non-hydrogen) atoms. The van der Waals surface area contributed by atoms with E-state index in [0.29, 0.717) is 16.5 Å². The second kappa shape index (κ2) is 4.45. The molecular formula is C14H11Cl2NO. The number of fused-ring (bicyclic) bond motifs is 1. The molecule has 2 aromatic rings. The average Bonchev–Trinajstić information content (AvgIpc) is 2.75. The van der Waals surface area contributed by atoms with Crippen LogP contribution in [0.1, 0.15) is 28.9 Å². The minimum atomic E-state index is 0.207. The average molecular weight is 280 g/mol. The first-order chi connectivity index (χ1) is 8.68. The fourth-order valence-electron chi connectivity index (χ4n) is 2.45. The van der Waals surface area contributed by atoms with Gasteiger partial charge in [-0.3, -0.25) is 4.79 Å². The van der Waals surface area contributed by atoms with Crippen LogP contribution in [0, 0.1) is 0 Å². The van der Waals surface area contributed by atoms with Gasteiger partial charge in [0, 0.05) is 23.9 Å². The Balaban J connectivity index is 2.22. The molecule has 0 amide bonds. The maximum Gasteiger partial charge on any atom is 0.164 e. The van der Waals surface area contributed by atoms with E-state index in [1.165, 1.54) is 0 Å². The molecule has 0 radical (unpaired) electrons. The van der Waals surface area contributed by atoms with Crippen LogP contribution in [0.2, 0.25) is 10.0 Å². The first-order valence-electron chi connectivity index (χ1n) is 5.86. The van der Waals surface area contributed by atoms with Gasteiger partial charge in [-0.1, -0.05) is 29.3 Å². The van der Waals surface area contributed by atoms with Crippen LogP contribution in [-0.4, -0.2) is 10.4 Å². The van der Waals surface area contributed by atoms with Crippen LogP contribution < -0.4 is 0 Å².